The quantitative estimate of drug-likeness (QED) is 0.437. The van der Waals surface area contributed by atoms with Crippen LogP contribution in [-0.2, 0) is 19.5 Å². The van der Waals surface area contributed by atoms with Crippen molar-refractivity contribution < 1.29 is 5.11 Å². The van der Waals surface area contributed by atoms with Gasteiger partial charge in [0.1, 0.15) is 6.07 Å². The summed E-state index contributed by atoms with van der Waals surface area (Å²) >= 11 is 6.10. The smallest absolute Gasteiger partial charge is 0.236 e. The van der Waals surface area contributed by atoms with Gasteiger partial charge in [-0.2, -0.15) is 15.2 Å². The Kier molecular flexibility index (Phi) is 6.41. The number of anilines is 1. The van der Waals surface area contributed by atoms with Gasteiger partial charge in [0.25, 0.3) is 0 Å². The van der Waals surface area contributed by atoms with E-state index in [1.54, 1.807) is 6.33 Å². The Morgan fingerprint density at radius 1 is 1.06 bits per heavy atom. The summed E-state index contributed by atoms with van der Waals surface area (Å²) in [5.41, 5.74) is 4.61. The number of fused-ring (bicyclic) bond motifs is 1. The second-order valence-electron chi connectivity index (χ2n) is 7.18. The Labute approximate surface area is 185 Å². The molecule has 2 aromatic heterocycles. The van der Waals surface area contributed by atoms with Crippen molar-refractivity contribution in [1.82, 2.24) is 19.5 Å². The molecule has 0 aliphatic heterocycles. The van der Waals surface area contributed by atoms with Crippen molar-refractivity contribution in [2.45, 2.75) is 25.9 Å². The maximum Gasteiger partial charge on any atom is 0.236 e. The molecule has 0 aliphatic carbocycles. The average molecular weight is 433 g/mol. The number of aliphatic hydroxyl groups excluding tert-OH is 1. The number of hydrogen-bond donors (Lipinski definition) is 2. The molecule has 0 amide bonds. The second-order valence-corrected chi connectivity index (χ2v) is 7.61. The molecule has 7 nitrogen and oxygen atoms in total. The molecule has 0 fully saturated rings. The minimum Gasteiger partial charge on any atom is -0.396 e. The average Bonchev–Trinajstić information content (AvgIpc) is 3.19. The molecule has 2 heterocycles. The fourth-order valence-electron chi connectivity index (χ4n) is 3.44. The van der Waals surface area contributed by atoms with Crippen molar-refractivity contribution >= 4 is 28.6 Å². The van der Waals surface area contributed by atoms with Gasteiger partial charge in [0, 0.05) is 24.7 Å². The summed E-state index contributed by atoms with van der Waals surface area (Å²) in [6.45, 7) is 1.18. The van der Waals surface area contributed by atoms with Crippen molar-refractivity contribution in [3.63, 3.8) is 0 Å². The lowest BCUT2D eigenvalue weighted by molar-refractivity contribution is 0.280. The van der Waals surface area contributed by atoms with Gasteiger partial charge in [-0.05, 0) is 41.7 Å². The molecule has 2 N–H and O–H groups in total. The van der Waals surface area contributed by atoms with E-state index in [1.807, 2.05) is 41.0 Å². The van der Waals surface area contributed by atoms with E-state index in [-0.39, 0.29) is 12.4 Å². The fourth-order valence-corrected chi connectivity index (χ4v) is 3.65. The van der Waals surface area contributed by atoms with Gasteiger partial charge in [-0.1, -0.05) is 48.0 Å². The lowest BCUT2D eigenvalue weighted by Gasteiger charge is -2.09. The zero-order chi connectivity index (χ0) is 21.6. The number of nitrogens with one attached hydrogen (secondary N) is 1. The molecular weight excluding hydrogens is 412 g/mol. The number of nitriles is 1. The van der Waals surface area contributed by atoms with Crippen LogP contribution in [0, 0.1) is 11.3 Å². The fraction of sp³-hybridized carbons (Fsp3) is 0.217. The van der Waals surface area contributed by atoms with E-state index in [4.69, 9.17) is 16.7 Å². The molecule has 0 saturated heterocycles. The Morgan fingerprint density at radius 3 is 2.61 bits per heavy atom. The maximum atomic E-state index is 9.33. The highest BCUT2D eigenvalue weighted by Gasteiger charge is 2.13. The number of aromatic nitrogens is 4. The summed E-state index contributed by atoms with van der Waals surface area (Å²) in [6.07, 6.45) is 3.03. The van der Waals surface area contributed by atoms with E-state index >= 15 is 0 Å². The Balaban J connectivity index is 1.54. The third-order valence-electron chi connectivity index (χ3n) is 4.87. The van der Waals surface area contributed by atoms with Crippen LogP contribution < -0.4 is 5.32 Å². The van der Waals surface area contributed by atoms with Crippen LogP contribution in [0.5, 0.6) is 0 Å². The van der Waals surface area contributed by atoms with Crippen LogP contribution in [0.3, 0.4) is 0 Å². The van der Waals surface area contributed by atoms with Gasteiger partial charge in [0.2, 0.25) is 5.82 Å². The zero-order valence-corrected chi connectivity index (χ0v) is 17.5. The number of aryl methyl sites for hydroxylation is 1. The second kappa shape index (κ2) is 9.56. The normalized spacial score (nSPS) is 10.9. The summed E-state index contributed by atoms with van der Waals surface area (Å²) in [7, 11) is 0. The highest BCUT2D eigenvalue weighted by atomic mass is 35.5. The summed E-state index contributed by atoms with van der Waals surface area (Å²) in [5, 5.41) is 22.5. The van der Waals surface area contributed by atoms with Gasteiger partial charge < -0.3 is 15.0 Å². The summed E-state index contributed by atoms with van der Waals surface area (Å²) < 4.78 is 1.82. The number of rotatable bonds is 8. The lowest BCUT2D eigenvalue weighted by Crippen LogP contribution is -2.06. The molecule has 0 bridgehead atoms. The minimum atomic E-state index is 0.0759. The Morgan fingerprint density at radius 2 is 1.84 bits per heavy atom. The molecule has 4 rings (SSSR count). The van der Waals surface area contributed by atoms with Crippen LogP contribution in [0.25, 0.3) is 11.2 Å². The number of nitrogens with zero attached hydrogens (tertiary/aromatic N) is 5. The van der Waals surface area contributed by atoms with E-state index in [0.29, 0.717) is 36.5 Å². The molecule has 31 heavy (non-hydrogen) atoms. The van der Waals surface area contributed by atoms with Crippen LogP contribution in [0.4, 0.5) is 5.82 Å². The van der Waals surface area contributed by atoms with Crippen LogP contribution in [0.1, 0.15) is 28.9 Å². The first-order valence-corrected chi connectivity index (χ1v) is 10.3. The third-order valence-corrected chi connectivity index (χ3v) is 5.10. The van der Waals surface area contributed by atoms with Crippen LogP contribution >= 0.6 is 11.6 Å². The summed E-state index contributed by atoms with van der Waals surface area (Å²) in [6, 6.07) is 18.2. The van der Waals surface area contributed by atoms with Crippen molar-refractivity contribution in [1.29, 1.82) is 5.26 Å². The SMILES string of the molecule is N#Cc1nc(NCc2cccc(Cc3cccc(Cl)c3)c2)c2ncn(CCCO)c2n1. The zero-order valence-electron chi connectivity index (χ0n) is 16.8. The van der Waals surface area contributed by atoms with E-state index in [9.17, 15) is 5.26 Å². The Bertz CT molecular complexity index is 1250. The van der Waals surface area contributed by atoms with Crippen molar-refractivity contribution in [2.75, 3.05) is 11.9 Å². The van der Waals surface area contributed by atoms with E-state index < -0.39 is 0 Å². The van der Waals surface area contributed by atoms with E-state index in [1.165, 1.54) is 5.56 Å². The minimum absolute atomic E-state index is 0.0759. The number of hydrogen-bond acceptors (Lipinski definition) is 6. The van der Waals surface area contributed by atoms with Gasteiger partial charge >= 0.3 is 0 Å². The molecule has 0 radical (unpaired) electrons. The molecule has 0 aliphatic rings. The first-order chi connectivity index (χ1) is 15.2. The maximum absolute atomic E-state index is 9.33. The molecule has 0 spiro atoms. The first kappa shape index (κ1) is 20.8. The van der Waals surface area contributed by atoms with Gasteiger partial charge in [0.05, 0.1) is 6.33 Å². The Hall–Kier alpha value is -3.47. The first-order valence-electron chi connectivity index (χ1n) is 9.96. The van der Waals surface area contributed by atoms with Gasteiger partial charge in [-0.25, -0.2) is 4.98 Å². The molecule has 156 valence electrons. The number of aliphatic hydroxyl groups is 1. The molecule has 0 saturated carbocycles. The highest BCUT2D eigenvalue weighted by Crippen LogP contribution is 2.21. The number of halogens is 1. The molecular formula is C23H21ClN6O. The van der Waals surface area contributed by atoms with Crippen molar-refractivity contribution in [3.05, 3.63) is 82.4 Å². The standard InChI is InChI=1S/C23H21ClN6O/c24-19-7-2-5-17(12-19)10-16-4-1-6-18(11-16)14-26-22-21-23(29-20(13-25)28-22)30(15-27-21)8-3-9-31/h1-2,4-7,11-12,15,31H,3,8-10,14H2,(H,26,28,29). The summed E-state index contributed by atoms with van der Waals surface area (Å²) in [4.78, 5) is 13.0. The summed E-state index contributed by atoms with van der Waals surface area (Å²) in [5.74, 6) is 0.597. The topological polar surface area (TPSA) is 99.7 Å². The molecule has 8 heteroatoms. The van der Waals surface area contributed by atoms with Crippen molar-refractivity contribution in [3.8, 4) is 6.07 Å². The molecule has 0 atom stereocenters. The number of imidazole rings is 1. The van der Waals surface area contributed by atoms with Gasteiger partial charge in [-0.3, -0.25) is 0 Å². The predicted octanol–water partition coefficient (Wildman–Crippen LogP) is 3.94. The third kappa shape index (κ3) is 5.00. The highest BCUT2D eigenvalue weighted by molar-refractivity contribution is 6.30. The van der Waals surface area contributed by atoms with Crippen LogP contribution in [0.15, 0.2) is 54.9 Å². The van der Waals surface area contributed by atoms with Crippen LogP contribution in [0.2, 0.25) is 5.02 Å². The predicted molar refractivity (Wildman–Crippen MR) is 120 cm³/mol. The largest absolute Gasteiger partial charge is 0.396 e. The monoisotopic (exact) mass is 432 g/mol. The molecule has 0 unspecified atom stereocenters. The van der Waals surface area contributed by atoms with Crippen molar-refractivity contribution in [2.24, 2.45) is 0 Å². The lowest BCUT2D eigenvalue weighted by atomic mass is 10.0. The number of benzene rings is 2. The molecule has 4 aromatic rings. The van der Waals surface area contributed by atoms with Gasteiger partial charge in [0.15, 0.2) is 17.0 Å². The van der Waals surface area contributed by atoms with E-state index in [2.05, 4.69) is 38.5 Å². The van der Waals surface area contributed by atoms with E-state index in [0.717, 1.165) is 22.6 Å². The van der Waals surface area contributed by atoms with Crippen LogP contribution in [-0.4, -0.2) is 31.2 Å². The molecule has 2 aromatic carbocycles. The van der Waals surface area contributed by atoms with Gasteiger partial charge in [-0.15, -0.1) is 0 Å².